The molecule has 9 nitrogen and oxygen atoms in total. The predicted octanol–water partition coefficient (Wildman–Crippen LogP) is 5.04. The molecule has 42 heavy (non-hydrogen) atoms. The highest BCUT2D eigenvalue weighted by molar-refractivity contribution is 6.18. The minimum atomic E-state index is -1.17. The van der Waals surface area contributed by atoms with Crippen LogP contribution >= 0.6 is 0 Å². The molecule has 3 aromatic rings. The molecule has 0 bridgehead atoms. The minimum Gasteiger partial charge on any atom is -0.490 e. The second kappa shape index (κ2) is 11.0. The summed E-state index contributed by atoms with van der Waals surface area (Å²) in [6, 6.07) is 15.8. The lowest BCUT2D eigenvalue weighted by Crippen LogP contribution is -2.31. The van der Waals surface area contributed by atoms with Gasteiger partial charge in [-0.1, -0.05) is 24.3 Å². The largest absolute Gasteiger partial charge is 0.490 e. The van der Waals surface area contributed by atoms with Crippen molar-refractivity contribution in [3.8, 4) is 11.5 Å². The van der Waals surface area contributed by atoms with Gasteiger partial charge >= 0.3 is 5.97 Å². The molecular weight excluding hydrogens is 534 g/mol. The number of fused-ring (bicyclic) bond motifs is 3. The Labute approximate surface area is 245 Å². The van der Waals surface area contributed by atoms with E-state index in [-0.39, 0.29) is 11.3 Å². The number of anilines is 1. The zero-order valence-electron chi connectivity index (χ0n) is 24.5. The highest BCUT2D eigenvalue weighted by Crippen LogP contribution is 2.48. The summed E-state index contributed by atoms with van der Waals surface area (Å²) in [6.45, 7) is 10.1. The summed E-state index contributed by atoms with van der Waals surface area (Å²) in [5.41, 5.74) is 4.47. The second-order valence-electron chi connectivity index (χ2n) is 11.8. The zero-order chi connectivity index (χ0) is 30.2. The number of aliphatic carboxylic acids is 1. The van der Waals surface area contributed by atoms with E-state index in [1.54, 1.807) is 42.5 Å². The minimum absolute atomic E-state index is 0.140. The van der Waals surface area contributed by atoms with E-state index in [2.05, 4.69) is 24.5 Å². The van der Waals surface area contributed by atoms with Crippen LogP contribution < -0.4 is 20.1 Å². The topological polar surface area (TPSA) is 126 Å². The second-order valence-corrected chi connectivity index (χ2v) is 11.8. The van der Waals surface area contributed by atoms with Crippen LogP contribution in [0.3, 0.4) is 0 Å². The molecule has 0 aliphatic carbocycles. The van der Waals surface area contributed by atoms with Gasteiger partial charge in [-0.3, -0.25) is 19.4 Å². The molecule has 0 atom stereocenters. The molecule has 0 unspecified atom stereocenters. The number of hydrogen-bond donors (Lipinski definition) is 3. The lowest BCUT2D eigenvalue weighted by atomic mass is 9.80. The van der Waals surface area contributed by atoms with Crippen molar-refractivity contribution >= 4 is 29.2 Å². The summed E-state index contributed by atoms with van der Waals surface area (Å²) in [5, 5.41) is 14.3. The third kappa shape index (κ3) is 5.86. The van der Waals surface area contributed by atoms with Crippen LogP contribution in [-0.2, 0) is 17.6 Å². The Bertz CT molecular complexity index is 1610. The number of ether oxygens (including phenoxy) is 2. The van der Waals surface area contributed by atoms with Crippen molar-refractivity contribution in [2.24, 2.45) is 4.99 Å². The molecule has 2 aliphatic heterocycles. The van der Waals surface area contributed by atoms with Crippen molar-refractivity contribution in [2.45, 2.75) is 58.6 Å². The van der Waals surface area contributed by atoms with Crippen molar-refractivity contribution in [2.75, 3.05) is 18.5 Å². The fourth-order valence-electron chi connectivity index (χ4n) is 5.57. The molecule has 0 saturated heterocycles. The van der Waals surface area contributed by atoms with Gasteiger partial charge in [-0.25, -0.2) is 0 Å². The molecule has 3 N–H and O–H groups in total. The molecule has 9 heteroatoms. The highest BCUT2D eigenvalue weighted by atomic mass is 16.5. The van der Waals surface area contributed by atoms with Crippen LogP contribution in [0.2, 0.25) is 0 Å². The number of aliphatic imine (C=N–C) groups is 1. The number of amides is 2. The molecule has 2 amide bonds. The van der Waals surface area contributed by atoms with E-state index >= 15 is 0 Å². The van der Waals surface area contributed by atoms with Crippen LogP contribution in [0, 0.1) is 0 Å². The maximum absolute atomic E-state index is 13.2. The lowest BCUT2D eigenvalue weighted by molar-refractivity contribution is -0.135. The monoisotopic (exact) mass is 569 g/mol. The van der Waals surface area contributed by atoms with Crippen molar-refractivity contribution in [3.63, 3.8) is 0 Å². The molecule has 2 aliphatic rings. The zero-order valence-corrected chi connectivity index (χ0v) is 24.5. The summed E-state index contributed by atoms with van der Waals surface area (Å²) < 4.78 is 12.4. The first kappa shape index (κ1) is 28.9. The number of carbonyl (C=O) groups excluding carboxylic acids is 2. The van der Waals surface area contributed by atoms with Gasteiger partial charge in [-0.15, -0.1) is 0 Å². The van der Waals surface area contributed by atoms with Gasteiger partial charge in [0, 0.05) is 28.7 Å². The molecule has 5 rings (SSSR count). The highest BCUT2D eigenvalue weighted by Gasteiger charge is 2.40. The van der Waals surface area contributed by atoms with Crippen LogP contribution in [0.25, 0.3) is 0 Å². The average Bonchev–Trinajstić information content (AvgIpc) is 3.26. The van der Waals surface area contributed by atoms with Crippen molar-refractivity contribution < 1.29 is 29.0 Å². The fourth-order valence-corrected chi connectivity index (χ4v) is 5.57. The maximum Gasteiger partial charge on any atom is 0.322 e. The SMILES string of the molecule is CCOc1cc2c(c3c1OC(C)(C)C3)C(c1ccc(C(=O)NCC(=O)O)c(NC(=O)c3ccccc3)c1)=NC(C)(C)C2. The van der Waals surface area contributed by atoms with Gasteiger partial charge in [0.1, 0.15) is 12.1 Å². The molecule has 3 aromatic carbocycles. The van der Waals surface area contributed by atoms with Crippen LogP contribution in [0.5, 0.6) is 11.5 Å². The van der Waals surface area contributed by atoms with Gasteiger partial charge in [-0.2, -0.15) is 0 Å². The average molecular weight is 570 g/mol. The number of carboxylic acid groups (broad SMARTS) is 1. The van der Waals surface area contributed by atoms with Crippen LogP contribution in [0.15, 0.2) is 59.6 Å². The Balaban J connectivity index is 1.65. The normalized spacial score (nSPS) is 15.9. The van der Waals surface area contributed by atoms with E-state index in [4.69, 9.17) is 19.6 Å². The number of hydrogen-bond acceptors (Lipinski definition) is 6. The first-order valence-electron chi connectivity index (χ1n) is 14.0. The van der Waals surface area contributed by atoms with Crippen LogP contribution in [-0.4, -0.2) is 52.9 Å². The fraction of sp³-hybridized carbons (Fsp3) is 0.333. The van der Waals surface area contributed by atoms with Crippen molar-refractivity contribution in [1.82, 2.24) is 5.32 Å². The quantitative estimate of drug-likeness (QED) is 0.349. The number of carbonyl (C=O) groups is 3. The number of rotatable bonds is 8. The van der Waals surface area contributed by atoms with Crippen LogP contribution in [0.1, 0.15) is 77.6 Å². The van der Waals surface area contributed by atoms with Gasteiger partial charge in [0.15, 0.2) is 11.5 Å². The third-order valence-electron chi connectivity index (χ3n) is 7.20. The van der Waals surface area contributed by atoms with Crippen molar-refractivity contribution in [1.29, 1.82) is 0 Å². The van der Waals surface area contributed by atoms with Gasteiger partial charge in [0.05, 0.1) is 29.1 Å². The van der Waals surface area contributed by atoms with E-state index < -0.39 is 35.5 Å². The summed E-state index contributed by atoms with van der Waals surface area (Å²) in [7, 11) is 0. The molecule has 2 heterocycles. The first-order valence-corrected chi connectivity index (χ1v) is 14.0. The number of nitrogens with zero attached hydrogens (tertiary/aromatic N) is 1. The Morgan fingerprint density at radius 1 is 1.00 bits per heavy atom. The molecular formula is C33H35N3O6. The summed E-state index contributed by atoms with van der Waals surface area (Å²) in [5.74, 6) is -0.749. The van der Waals surface area contributed by atoms with Gasteiger partial charge in [0.2, 0.25) is 0 Å². The van der Waals surface area contributed by atoms with E-state index in [0.29, 0.717) is 30.6 Å². The summed E-state index contributed by atoms with van der Waals surface area (Å²) >= 11 is 0. The van der Waals surface area contributed by atoms with Crippen molar-refractivity contribution in [3.05, 3.63) is 88.0 Å². The first-order chi connectivity index (χ1) is 19.9. The summed E-state index contributed by atoms with van der Waals surface area (Å²) in [4.78, 5) is 42.5. The lowest BCUT2D eigenvalue weighted by Gasteiger charge is -2.31. The molecule has 0 aromatic heterocycles. The third-order valence-corrected chi connectivity index (χ3v) is 7.20. The van der Waals surface area contributed by atoms with E-state index in [1.165, 1.54) is 0 Å². The van der Waals surface area contributed by atoms with Crippen LogP contribution in [0.4, 0.5) is 5.69 Å². The van der Waals surface area contributed by atoms with Gasteiger partial charge < -0.3 is 25.2 Å². The Morgan fingerprint density at radius 3 is 2.43 bits per heavy atom. The number of nitrogens with one attached hydrogen (secondary N) is 2. The van der Waals surface area contributed by atoms with Gasteiger partial charge in [-0.05, 0) is 76.9 Å². The Kier molecular flexibility index (Phi) is 7.53. The molecule has 0 saturated carbocycles. The Morgan fingerprint density at radius 2 is 1.74 bits per heavy atom. The standard InChI is InChI=1S/C33H35N3O6/c1-6-41-25-15-21-16-32(2,3)36-28(27(21)23-17-33(4,5)42-29(23)25)20-12-13-22(31(40)34-18-26(37)38)24(14-20)35-30(39)19-10-8-7-9-11-19/h7-15H,6,16-18H2,1-5H3,(H,34,40)(H,35,39)(H,37,38). The molecule has 0 radical (unpaired) electrons. The Hall–Kier alpha value is -4.66. The summed E-state index contributed by atoms with van der Waals surface area (Å²) in [6.07, 6.45) is 1.37. The van der Waals surface area contributed by atoms with E-state index in [0.717, 1.165) is 33.9 Å². The smallest absolute Gasteiger partial charge is 0.322 e. The van der Waals surface area contributed by atoms with E-state index in [1.807, 2.05) is 32.9 Å². The molecule has 0 fully saturated rings. The number of carboxylic acids is 1. The van der Waals surface area contributed by atoms with Gasteiger partial charge in [0.25, 0.3) is 11.8 Å². The predicted molar refractivity (Wildman–Crippen MR) is 160 cm³/mol. The molecule has 218 valence electrons. The van der Waals surface area contributed by atoms with E-state index in [9.17, 15) is 14.4 Å². The maximum atomic E-state index is 13.2. The number of benzene rings is 3. The molecule has 0 spiro atoms.